The van der Waals surface area contributed by atoms with Crippen molar-refractivity contribution < 1.29 is 0 Å². The van der Waals surface area contributed by atoms with E-state index in [0.717, 1.165) is 19.6 Å². The summed E-state index contributed by atoms with van der Waals surface area (Å²) in [4.78, 5) is 7.77. The number of rotatable bonds is 3. The molecule has 1 unspecified atom stereocenters. The molecule has 1 saturated heterocycles. The number of anilines is 1. The molecule has 4 nitrogen and oxygen atoms in total. The molecule has 0 saturated carbocycles. The van der Waals surface area contributed by atoms with Crippen LogP contribution in [0.1, 0.15) is 24.1 Å². The topological polar surface area (TPSA) is 68.2 Å². The van der Waals surface area contributed by atoms with Gasteiger partial charge in [-0.1, -0.05) is 6.42 Å². The lowest BCUT2D eigenvalue weighted by molar-refractivity contribution is 0.146. The minimum absolute atomic E-state index is 0. The zero-order valence-electron chi connectivity index (χ0n) is 9.67. The number of nitrogens with two attached hydrogens (primary N) is 2. The molecule has 0 radical (unpaired) electrons. The van der Waals surface area contributed by atoms with Crippen molar-refractivity contribution in [2.75, 3.05) is 18.8 Å². The van der Waals surface area contributed by atoms with Gasteiger partial charge < -0.3 is 11.5 Å². The molecule has 1 aliphatic heterocycles. The second-order valence-electron chi connectivity index (χ2n) is 4.02. The van der Waals surface area contributed by atoms with Crippen molar-refractivity contribution in [2.45, 2.75) is 31.8 Å². The summed E-state index contributed by atoms with van der Waals surface area (Å²) in [5.41, 5.74) is 11.4. The number of piperidine rings is 1. The molecule has 1 fully saturated rings. The molecule has 1 aromatic heterocycles. The molecule has 0 amide bonds. The highest BCUT2D eigenvalue weighted by Gasteiger charge is 2.21. The molecule has 17 heavy (non-hydrogen) atoms. The van der Waals surface area contributed by atoms with E-state index < -0.39 is 0 Å². The van der Waals surface area contributed by atoms with Crippen LogP contribution in [0.3, 0.4) is 0 Å². The fourth-order valence-corrected chi connectivity index (χ4v) is 2.84. The zero-order valence-corrected chi connectivity index (χ0v) is 12.1. The monoisotopic (exact) mass is 298 g/mol. The van der Waals surface area contributed by atoms with E-state index >= 15 is 0 Å². The molecule has 0 spiro atoms. The van der Waals surface area contributed by atoms with Crippen LogP contribution in [0.15, 0.2) is 6.20 Å². The molecule has 0 aromatic carbocycles. The van der Waals surface area contributed by atoms with E-state index in [-0.39, 0.29) is 24.8 Å². The highest BCUT2D eigenvalue weighted by atomic mass is 35.5. The quantitative estimate of drug-likeness (QED) is 0.894. The average Bonchev–Trinajstić information content (AvgIpc) is 2.65. The van der Waals surface area contributed by atoms with Gasteiger partial charge in [-0.15, -0.1) is 36.2 Å². The summed E-state index contributed by atoms with van der Waals surface area (Å²) < 4.78 is 0. The molecule has 7 heteroatoms. The Hall–Kier alpha value is -0.0700. The summed E-state index contributed by atoms with van der Waals surface area (Å²) in [7, 11) is 0. The second kappa shape index (κ2) is 8.11. The van der Waals surface area contributed by atoms with E-state index in [9.17, 15) is 0 Å². The summed E-state index contributed by atoms with van der Waals surface area (Å²) in [6, 6.07) is 0.544. The Kier molecular flexibility index (Phi) is 8.07. The Labute approximate surface area is 119 Å². The number of hydrogen-bond acceptors (Lipinski definition) is 5. The number of aromatic nitrogens is 1. The maximum atomic E-state index is 5.77. The highest BCUT2D eigenvalue weighted by molar-refractivity contribution is 7.15. The summed E-state index contributed by atoms with van der Waals surface area (Å²) in [5.74, 6) is 0. The third kappa shape index (κ3) is 4.60. The minimum atomic E-state index is 0. The van der Waals surface area contributed by atoms with Crippen molar-refractivity contribution in [3.63, 3.8) is 0 Å². The van der Waals surface area contributed by atoms with Gasteiger partial charge in [0.15, 0.2) is 5.13 Å². The first-order valence-electron chi connectivity index (χ1n) is 5.44. The molecule has 100 valence electrons. The maximum Gasteiger partial charge on any atom is 0.180 e. The Bertz CT molecular complexity index is 321. The highest BCUT2D eigenvalue weighted by Crippen LogP contribution is 2.22. The first-order valence-corrected chi connectivity index (χ1v) is 6.25. The van der Waals surface area contributed by atoms with Crippen LogP contribution in [-0.4, -0.2) is 29.0 Å². The molecule has 0 aliphatic carbocycles. The second-order valence-corrected chi connectivity index (χ2v) is 5.17. The molecular weight excluding hydrogens is 279 g/mol. The Morgan fingerprint density at radius 3 is 2.76 bits per heavy atom. The standard InChI is InChI=1S/C10H18N4S.2ClH/c11-5-8-3-1-2-4-14(8)7-9-6-13-10(12)15-9;;/h6,8H,1-5,7,11H2,(H2,12,13);2*1H. The molecule has 1 aromatic rings. The number of nitrogen functional groups attached to an aromatic ring is 1. The summed E-state index contributed by atoms with van der Waals surface area (Å²) in [6.07, 6.45) is 5.70. The van der Waals surface area contributed by atoms with Gasteiger partial charge in [0.25, 0.3) is 0 Å². The van der Waals surface area contributed by atoms with E-state index in [4.69, 9.17) is 11.5 Å². The van der Waals surface area contributed by atoms with Gasteiger partial charge in [-0.05, 0) is 19.4 Å². The lowest BCUT2D eigenvalue weighted by Crippen LogP contribution is -2.43. The van der Waals surface area contributed by atoms with E-state index in [1.54, 1.807) is 11.3 Å². The van der Waals surface area contributed by atoms with Crippen molar-refractivity contribution in [1.29, 1.82) is 0 Å². The number of hydrogen-bond donors (Lipinski definition) is 2. The molecule has 1 atom stereocenters. The van der Waals surface area contributed by atoms with Crippen LogP contribution in [0, 0.1) is 0 Å². The van der Waals surface area contributed by atoms with Gasteiger partial charge in [-0.3, -0.25) is 4.90 Å². The van der Waals surface area contributed by atoms with Crippen LogP contribution in [0.5, 0.6) is 0 Å². The first kappa shape index (κ1) is 16.9. The van der Waals surface area contributed by atoms with Crippen molar-refractivity contribution in [2.24, 2.45) is 5.73 Å². The van der Waals surface area contributed by atoms with Gasteiger partial charge in [0.2, 0.25) is 0 Å². The Morgan fingerprint density at radius 2 is 2.18 bits per heavy atom. The maximum absolute atomic E-state index is 5.77. The van der Waals surface area contributed by atoms with Crippen LogP contribution in [0.4, 0.5) is 5.13 Å². The van der Waals surface area contributed by atoms with Gasteiger partial charge in [-0.2, -0.15) is 0 Å². The van der Waals surface area contributed by atoms with E-state index in [1.807, 2.05) is 6.20 Å². The van der Waals surface area contributed by atoms with E-state index in [1.165, 1.54) is 24.1 Å². The first-order chi connectivity index (χ1) is 7.29. The van der Waals surface area contributed by atoms with Gasteiger partial charge in [-0.25, -0.2) is 4.98 Å². The Balaban J connectivity index is 0.00000128. The zero-order chi connectivity index (χ0) is 10.7. The lowest BCUT2D eigenvalue weighted by Gasteiger charge is -2.34. The third-order valence-corrected chi connectivity index (χ3v) is 3.76. The normalized spacial score (nSPS) is 20.4. The van der Waals surface area contributed by atoms with Crippen molar-refractivity contribution in [3.05, 3.63) is 11.1 Å². The smallest absolute Gasteiger partial charge is 0.180 e. The number of thiazole rings is 1. The van der Waals surface area contributed by atoms with E-state index in [0.29, 0.717) is 11.2 Å². The number of nitrogens with zero attached hydrogens (tertiary/aromatic N) is 2. The molecule has 1 aliphatic rings. The van der Waals surface area contributed by atoms with Crippen LogP contribution in [0.2, 0.25) is 0 Å². The number of halogens is 2. The van der Waals surface area contributed by atoms with Crippen LogP contribution in [0.25, 0.3) is 0 Å². The lowest BCUT2D eigenvalue weighted by atomic mass is 10.0. The van der Waals surface area contributed by atoms with Gasteiger partial charge in [0.1, 0.15) is 0 Å². The minimum Gasteiger partial charge on any atom is -0.375 e. The fraction of sp³-hybridized carbons (Fsp3) is 0.700. The van der Waals surface area contributed by atoms with Crippen molar-refractivity contribution in [1.82, 2.24) is 9.88 Å². The van der Waals surface area contributed by atoms with Crippen molar-refractivity contribution >= 4 is 41.3 Å². The van der Waals surface area contributed by atoms with Crippen LogP contribution < -0.4 is 11.5 Å². The van der Waals surface area contributed by atoms with Gasteiger partial charge in [0, 0.05) is 30.2 Å². The molecular formula is C10H20Cl2N4S. The average molecular weight is 299 g/mol. The predicted octanol–water partition coefficient (Wildman–Crippen LogP) is 1.88. The molecule has 2 rings (SSSR count). The SMILES string of the molecule is Cl.Cl.NCC1CCCCN1Cc1cnc(N)s1. The van der Waals surface area contributed by atoms with Crippen LogP contribution in [-0.2, 0) is 6.54 Å². The summed E-state index contributed by atoms with van der Waals surface area (Å²) in [5, 5.41) is 0.659. The molecule has 4 N–H and O–H groups in total. The fourth-order valence-electron chi connectivity index (χ4n) is 2.13. The van der Waals surface area contributed by atoms with Crippen molar-refractivity contribution in [3.8, 4) is 0 Å². The molecule has 2 heterocycles. The van der Waals surface area contributed by atoms with Gasteiger partial charge >= 0.3 is 0 Å². The van der Waals surface area contributed by atoms with E-state index in [2.05, 4.69) is 9.88 Å². The number of likely N-dealkylation sites (tertiary alicyclic amines) is 1. The largest absolute Gasteiger partial charge is 0.375 e. The Morgan fingerprint density at radius 1 is 1.41 bits per heavy atom. The van der Waals surface area contributed by atoms with Gasteiger partial charge in [0.05, 0.1) is 0 Å². The summed E-state index contributed by atoms with van der Waals surface area (Å²) in [6.45, 7) is 2.87. The molecule has 0 bridgehead atoms. The third-order valence-electron chi connectivity index (χ3n) is 2.95. The predicted molar refractivity (Wildman–Crippen MR) is 78.1 cm³/mol. The summed E-state index contributed by atoms with van der Waals surface area (Å²) >= 11 is 1.58. The van der Waals surface area contributed by atoms with Crippen LogP contribution >= 0.6 is 36.2 Å².